The summed E-state index contributed by atoms with van der Waals surface area (Å²) in [6.07, 6.45) is 7.32. The van der Waals surface area contributed by atoms with Crippen molar-refractivity contribution < 1.29 is 0 Å². The summed E-state index contributed by atoms with van der Waals surface area (Å²) < 4.78 is 0. The number of pyridine rings is 1. The lowest BCUT2D eigenvalue weighted by Crippen LogP contribution is -2.33. The number of likely N-dealkylation sites (tertiary alicyclic amines) is 1. The molecule has 1 saturated heterocycles. The Morgan fingerprint density at radius 1 is 1.34 bits per heavy atom. The largest absolute Gasteiger partial charge is 0.390 e. The van der Waals surface area contributed by atoms with E-state index in [9.17, 15) is 0 Å². The highest BCUT2D eigenvalue weighted by molar-refractivity contribution is 7.80. The first-order valence-corrected chi connectivity index (χ1v) is 10.5. The number of nitrogens with zero attached hydrogens (tertiary/aromatic N) is 3. The maximum absolute atomic E-state index is 9.00. The summed E-state index contributed by atoms with van der Waals surface area (Å²) in [6.45, 7) is 4.52. The molecule has 0 aliphatic carbocycles. The van der Waals surface area contributed by atoms with Crippen LogP contribution in [0, 0.1) is 11.3 Å². The number of rotatable bonds is 4. The van der Waals surface area contributed by atoms with Crippen LogP contribution in [-0.4, -0.2) is 28.0 Å². The van der Waals surface area contributed by atoms with Gasteiger partial charge in [0.2, 0.25) is 0 Å². The lowest BCUT2D eigenvalue weighted by molar-refractivity contribution is 0.157. The standard InChI is InChI=1S/C23H25N5S/c1-2-28-10-4-3-5-21(28)16-8-6-15(7-9-16)17-11-19-20(12-18(25)13-24)23(29)27-22(19)26-14-17/h6-9,11-12,14,21,29H,2-5,10,25H2,1H3,(H,26,27)/b18-12-. The number of aromatic nitrogens is 2. The normalized spacial score (nSPS) is 18.1. The monoisotopic (exact) mass is 403 g/mol. The first-order chi connectivity index (χ1) is 14.1. The van der Waals surface area contributed by atoms with Crippen molar-refractivity contribution in [3.8, 4) is 17.2 Å². The Balaban J connectivity index is 1.68. The molecule has 148 valence electrons. The number of hydrogen-bond acceptors (Lipinski definition) is 5. The molecule has 1 aromatic carbocycles. The summed E-state index contributed by atoms with van der Waals surface area (Å²) in [6, 6.07) is 13.4. The first-order valence-electron chi connectivity index (χ1n) is 10.0. The number of thiol groups is 1. The summed E-state index contributed by atoms with van der Waals surface area (Å²) in [5, 5.41) is 10.6. The predicted octanol–water partition coefficient (Wildman–Crippen LogP) is 4.89. The van der Waals surface area contributed by atoms with Gasteiger partial charge in [-0.2, -0.15) is 5.26 Å². The summed E-state index contributed by atoms with van der Waals surface area (Å²) >= 11 is 4.47. The van der Waals surface area contributed by atoms with E-state index in [4.69, 9.17) is 11.0 Å². The molecule has 5 nitrogen and oxygen atoms in total. The fraction of sp³-hybridized carbons (Fsp3) is 0.304. The minimum Gasteiger partial charge on any atom is -0.390 e. The molecule has 1 aliphatic rings. The number of benzene rings is 1. The van der Waals surface area contributed by atoms with E-state index in [-0.39, 0.29) is 5.70 Å². The molecule has 0 bridgehead atoms. The van der Waals surface area contributed by atoms with Gasteiger partial charge in [-0.15, -0.1) is 12.6 Å². The third-order valence-electron chi connectivity index (χ3n) is 5.75. The number of hydrogen-bond donors (Lipinski definition) is 3. The number of nitriles is 1. The maximum Gasteiger partial charge on any atom is 0.138 e. The second-order valence-electron chi connectivity index (χ2n) is 7.48. The van der Waals surface area contributed by atoms with Crippen LogP contribution >= 0.6 is 12.6 Å². The molecule has 1 aliphatic heterocycles. The highest BCUT2D eigenvalue weighted by atomic mass is 32.1. The lowest BCUT2D eigenvalue weighted by atomic mass is 9.94. The van der Waals surface area contributed by atoms with E-state index in [0.29, 0.717) is 11.1 Å². The van der Waals surface area contributed by atoms with Crippen LogP contribution in [0.2, 0.25) is 0 Å². The van der Waals surface area contributed by atoms with Crippen LogP contribution in [0.1, 0.15) is 43.4 Å². The lowest BCUT2D eigenvalue weighted by Gasteiger charge is -2.35. The number of piperidine rings is 1. The van der Waals surface area contributed by atoms with Crippen molar-refractivity contribution in [3.05, 3.63) is 53.4 Å². The van der Waals surface area contributed by atoms with Crippen molar-refractivity contribution in [3.63, 3.8) is 0 Å². The van der Waals surface area contributed by atoms with Gasteiger partial charge in [-0.3, -0.25) is 4.90 Å². The molecule has 0 spiro atoms. The van der Waals surface area contributed by atoms with Crippen LogP contribution in [-0.2, 0) is 0 Å². The zero-order valence-corrected chi connectivity index (χ0v) is 17.4. The van der Waals surface area contributed by atoms with Crippen molar-refractivity contribution in [2.24, 2.45) is 5.73 Å². The highest BCUT2D eigenvalue weighted by Gasteiger charge is 2.22. The van der Waals surface area contributed by atoms with Crippen LogP contribution in [0.5, 0.6) is 0 Å². The SMILES string of the molecule is CCN1CCCCC1c1ccc(-c2cnc3[nH]c(S)c(/C=C(\N)C#N)c3c2)cc1. The second-order valence-corrected chi connectivity index (χ2v) is 7.93. The Morgan fingerprint density at radius 2 is 2.14 bits per heavy atom. The summed E-state index contributed by atoms with van der Waals surface area (Å²) in [7, 11) is 0. The van der Waals surface area contributed by atoms with Crippen molar-refractivity contribution >= 4 is 29.7 Å². The molecule has 1 fully saturated rings. The van der Waals surface area contributed by atoms with Crippen molar-refractivity contribution in [1.29, 1.82) is 5.26 Å². The molecule has 0 amide bonds. The van der Waals surface area contributed by atoms with Gasteiger partial charge in [0.05, 0.1) is 5.03 Å². The van der Waals surface area contributed by atoms with Crippen LogP contribution in [0.25, 0.3) is 28.2 Å². The van der Waals surface area contributed by atoms with E-state index >= 15 is 0 Å². The fourth-order valence-corrected chi connectivity index (χ4v) is 4.50. The average Bonchev–Trinajstić information content (AvgIpc) is 3.08. The smallest absolute Gasteiger partial charge is 0.138 e. The number of fused-ring (bicyclic) bond motifs is 1. The Kier molecular flexibility index (Phi) is 5.61. The molecule has 3 N–H and O–H groups in total. The van der Waals surface area contributed by atoms with Gasteiger partial charge < -0.3 is 10.7 Å². The van der Waals surface area contributed by atoms with Gasteiger partial charge in [0.25, 0.3) is 0 Å². The van der Waals surface area contributed by atoms with Crippen LogP contribution in [0.3, 0.4) is 0 Å². The minimum atomic E-state index is 0.143. The molecular formula is C23H25N5S. The Labute approximate surface area is 176 Å². The van der Waals surface area contributed by atoms with E-state index in [0.717, 1.165) is 34.3 Å². The zero-order valence-electron chi connectivity index (χ0n) is 16.5. The second kappa shape index (κ2) is 8.32. The van der Waals surface area contributed by atoms with Gasteiger partial charge in [0.1, 0.15) is 17.4 Å². The molecule has 3 heterocycles. The molecule has 29 heavy (non-hydrogen) atoms. The summed E-state index contributed by atoms with van der Waals surface area (Å²) in [5.41, 5.74) is 10.9. The third kappa shape index (κ3) is 3.89. The van der Waals surface area contributed by atoms with Crippen LogP contribution in [0.4, 0.5) is 0 Å². The van der Waals surface area contributed by atoms with Crippen LogP contribution < -0.4 is 5.73 Å². The quantitative estimate of drug-likeness (QED) is 0.428. The average molecular weight is 404 g/mol. The fourth-order valence-electron chi connectivity index (χ4n) is 4.21. The number of aromatic amines is 1. The van der Waals surface area contributed by atoms with E-state index in [2.05, 4.69) is 64.8 Å². The van der Waals surface area contributed by atoms with E-state index in [1.54, 1.807) is 6.08 Å². The molecule has 3 aromatic rings. The van der Waals surface area contributed by atoms with Gasteiger partial charge in [0.15, 0.2) is 0 Å². The molecule has 1 unspecified atom stereocenters. The Bertz CT molecular complexity index is 1090. The predicted molar refractivity (Wildman–Crippen MR) is 120 cm³/mol. The van der Waals surface area contributed by atoms with E-state index in [1.807, 2.05) is 12.3 Å². The highest BCUT2D eigenvalue weighted by Crippen LogP contribution is 2.33. The minimum absolute atomic E-state index is 0.143. The van der Waals surface area contributed by atoms with Gasteiger partial charge in [-0.05, 0) is 49.2 Å². The molecular weight excluding hydrogens is 378 g/mol. The molecule has 4 rings (SSSR count). The molecule has 0 radical (unpaired) electrons. The molecule has 1 atom stereocenters. The number of H-pyrrole nitrogens is 1. The van der Waals surface area contributed by atoms with Gasteiger partial charge in [-0.25, -0.2) is 4.98 Å². The topological polar surface area (TPSA) is 81.7 Å². The van der Waals surface area contributed by atoms with Gasteiger partial charge in [-0.1, -0.05) is 37.6 Å². The van der Waals surface area contributed by atoms with Crippen molar-refractivity contribution in [2.45, 2.75) is 37.3 Å². The molecule has 2 aromatic heterocycles. The van der Waals surface area contributed by atoms with Gasteiger partial charge in [0, 0.05) is 28.8 Å². The number of allylic oxidation sites excluding steroid dienone is 1. The number of nitrogens with two attached hydrogens (primary N) is 1. The Hall–Kier alpha value is -2.75. The summed E-state index contributed by atoms with van der Waals surface area (Å²) in [4.78, 5) is 10.2. The molecule has 0 saturated carbocycles. The number of nitrogens with one attached hydrogen (secondary N) is 1. The maximum atomic E-state index is 9.00. The van der Waals surface area contributed by atoms with E-state index in [1.165, 1.54) is 31.4 Å². The summed E-state index contributed by atoms with van der Waals surface area (Å²) in [5.74, 6) is 0. The third-order valence-corrected chi connectivity index (χ3v) is 6.10. The van der Waals surface area contributed by atoms with Crippen LogP contribution in [0.15, 0.2) is 47.3 Å². The zero-order chi connectivity index (χ0) is 20.4. The van der Waals surface area contributed by atoms with E-state index < -0.39 is 0 Å². The molecule has 6 heteroatoms. The van der Waals surface area contributed by atoms with Crippen molar-refractivity contribution in [1.82, 2.24) is 14.9 Å². The Morgan fingerprint density at radius 3 is 2.86 bits per heavy atom. The van der Waals surface area contributed by atoms with Gasteiger partial charge >= 0.3 is 0 Å². The van der Waals surface area contributed by atoms with Crippen molar-refractivity contribution in [2.75, 3.05) is 13.1 Å². The first kappa shape index (κ1) is 19.6.